The van der Waals surface area contributed by atoms with Crippen LogP contribution in [0.1, 0.15) is 27.0 Å². The van der Waals surface area contributed by atoms with Crippen LogP contribution in [0.2, 0.25) is 0 Å². The van der Waals surface area contributed by atoms with Crippen molar-refractivity contribution < 1.29 is 17.7 Å². The minimum absolute atomic E-state index is 0.0775. The Morgan fingerprint density at radius 2 is 1.80 bits per heavy atom. The summed E-state index contributed by atoms with van der Waals surface area (Å²) in [6.07, 6.45) is 1.48. The molecule has 8 heteroatoms. The first-order valence-corrected chi connectivity index (χ1v) is 9.74. The second kappa shape index (κ2) is 6.45. The van der Waals surface area contributed by atoms with Gasteiger partial charge in [-0.1, -0.05) is 5.16 Å². The molecule has 0 amide bonds. The molecule has 0 fully saturated rings. The van der Waals surface area contributed by atoms with E-state index in [-0.39, 0.29) is 10.7 Å². The lowest BCUT2D eigenvalue weighted by Crippen LogP contribution is -2.14. The highest BCUT2D eigenvalue weighted by Gasteiger charge is 2.28. The summed E-state index contributed by atoms with van der Waals surface area (Å²) in [4.78, 5) is 13.0. The number of hydrogen-bond donors (Lipinski definition) is 1. The number of ketones is 1. The molecule has 2 aromatic heterocycles. The van der Waals surface area contributed by atoms with Crippen molar-refractivity contribution >= 4 is 32.8 Å². The molecule has 1 N–H and O–H groups in total. The summed E-state index contributed by atoms with van der Waals surface area (Å²) < 4.78 is 33.6. The summed E-state index contributed by atoms with van der Waals surface area (Å²) in [6, 6.07) is 7.94. The minimum Gasteiger partial charge on any atom is -0.356 e. The van der Waals surface area contributed by atoms with Gasteiger partial charge in [-0.3, -0.25) is 9.52 Å². The van der Waals surface area contributed by atoms with Gasteiger partial charge in [0.05, 0.1) is 11.8 Å². The summed E-state index contributed by atoms with van der Waals surface area (Å²) in [6.45, 7) is 5.06. The number of thiophene rings is 1. The summed E-state index contributed by atoms with van der Waals surface area (Å²) in [7, 11) is -3.83. The molecule has 6 nitrogen and oxygen atoms in total. The molecule has 0 spiro atoms. The Hall–Kier alpha value is -2.45. The Kier molecular flexibility index (Phi) is 4.49. The molecule has 0 atom stereocenters. The van der Waals surface area contributed by atoms with E-state index in [1.54, 1.807) is 37.3 Å². The Bertz CT molecular complexity index is 1020. The Balaban J connectivity index is 2.02. The molecule has 3 aromatic rings. The van der Waals surface area contributed by atoms with Gasteiger partial charge in [-0.25, -0.2) is 8.42 Å². The normalized spacial score (nSPS) is 11.5. The van der Waals surface area contributed by atoms with Gasteiger partial charge in [-0.15, -0.1) is 11.3 Å². The SMILES string of the molecule is CC(=O)c1ccc(NS(=O)(=O)c2c(C)sc(C)c2-c2ccno2)cc1. The van der Waals surface area contributed by atoms with E-state index in [2.05, 4.69) is 9.88 Å². The maximum atomic E-state index is 12.9. The molecule has 0 saturated heterocycles. The second-order valence-electron chi connectivity index (χ2n) is 5.53. The number of nitrogens with one attached hydrogen (secondary N) is 1. The lowest BCUT2D eigenvalue weighted by atomic mass is 10.1. The van der Waals surface area contributed by atoms with E-state index in [1.165, 1.54) is 24.5 Å². The van der Waals surface area contributed by atoms with Crippen LogP contribution in [0.15, 0.2) is 45.9 Å². The number of sulfonamides is 1. The van der Waals surface area contributed by atoms with E-state index in [0.29, 0.717) is 27.5 Å². The molecule has 0 unspecified atom stereocenters. The zero-order valence-electron chi connectivity index (χ0n) is 13.9. The van der Waals surface area contributed by atoms with E-state index in [0.717, 1.165) is 4.88 Å². The third-order valence-corrected chi connectivity index (χ3v) is 6.40. The quantitative estimate of drug-likeness (QED) is 0.679. The fourth-order valence-corrected chi connectivity index (χ4v) is 5.52. The lowest BCUT2D eigenvalue weighted by molar-refractivity contribution is 0.101. The number of carbonyl (C=O) groups is 1. The van der Waals surface area contributed by atoms with Crippen molar-refractivity contribution in [3.63, 3.8) is 0 Å². The molecule has 0 aliphatic rings. The van der Waals surface area contributed by atoms with Crippen LogP contribution < -0.4 is 4.72 Å². The van der Waals surface area contributed by atoms with E-state index in [9.17, 15) is 13.2 Å². The van der Waals surface area contributed by atoms with Crippen molar-refractivity contribution in [1.82, 2.24) is 5.16 Å². The summed E-state index contributed by atoms with van der Waals surface area (Å²) in [5.74, 6) is 0.334. The predicted octanol–water partition coefficient (Wildman–Crippen LogP) is 4.02. The molecule has 0 aliphatic heterocycles. The predicted molar refractivity (Wildman–Crippen MR) is 96.5 cm³/mol. The van der Waals surface area contributed by atoms with Crippen LogP contribution in [0.3, 0.4) is 0 Å². The van der Waals surface area contributed by atoms with Crippen LogP contribution >= 0.6 is 11.3 Å². The van der Waals surface area contributed by atoms with Crippen LogP contribution in [0.5, 0.6) is 0 Å². The van der Waals surface area contributed by atoms with Crippen LogP contribution in [0, 0.1) is 13.8 Å². The van der Waals surface area contributed by atoms with Gasteiger partial charge in [0, 0.05) is 27.1 Å². The highest BCUT2D eigenvalue weighted by atomic mass is 32.2. The molecule has 0 radical (unpaired) electrons. The van der Waals surface area contributed by atoms with E-state index < -0.39 is 10.0 Å². The fourth-order valence-electron chi connectivity index (χ4n) is 2.60. The maximum absolute atomic E-state index is 12.9. The van der Waals surface area contributed by atoms with Gasteiger partial charge in [-0.05, 0) is 45.0 Å². The van der Waals surface area contributed by atoms with Crippen LogP contribution in [-0.4, -0.2) is 19.4 Å². The Labute approximate surface area is 149 Å². The van der Waals surface area contributed by atoms with Crippen molar-refractivity contribution in [2.24, 2.45) is 0 Å². The van der Waals surface area contributed by atoms with Gasteiger partial charge in [0.15, 0.2) is 11.5 Å². The third-order valence-electron chi connectivity index (χ3n) is 3.70. The number of Topliss-reactive ketones (excluding diaryl/α,β-unsaturated/α-hetero) is 1. The molecule has 2 heterocycles. The van der Waals surface area contributed by atoms with Crippen LogP contribution in [-0.2, 0) is 10.0 Å². The van der Waals surface area contributed by atoms with Crippen LogP contribution in [0.4, 0.5) is 5.69 Å². The number of benzene rings is 1. The van der Waals surface area contributed by atoms with Gasteiger partial charge in [0.2, 0.25) is 0 Å². The minimum atomic E-state index is -3.83. The average Bonchev–Trinajstić information content (AvgIpc) is 3.14. The van der Waals surface area contributed by atoms with Crippen molar-refractivity contribution in [1.29, 1.82) is 0 Å². The highest BCUT2D eigenvalue weighted by molar-refractivity contribution is 7.93. The molecule has 0 bridgehead atoms. The fraction of sp³-hybridized carbons (Fsp3) is 0.176. The topological polar surface area (TPSA) is 89.3 Å². The zero-order valence-corrected chi connectivity index (χ0v) is 15.5. The smallest absolute Gasteiger partial charge is 0.263 e. The van der Waals surface area contributed by atoms with E-state index in [1.807, 2.05) is 6.92 Å². The molecular weight excluding hydrogens is 360 g/mol. The van der Waals surface area contributed by atoms with Crippen molar-refractivity contribution in [3.8, 4) is 11.3 Å². The number of aromatic nitrogens is 1. The van der Waals surface area contributed by atoms with Crippen molar-refractivity contribution in [2.45, 2.75) is 25.7 Å². The summed E-state index contributed by atoms with van der Waals surface area (Å²) >= 11 is 1.39. The number of hydrogen-bond acceptors (Lipinski definition) is 6. The first-order valence-electron chi connectivity index (χ1n) is 7.44. The standard InChI is InChI=1S/C17H16N2O4S2/c1-10(20)13-4-6-14(7-5-13)19-25(21,22)17-12(3)24-11(2)16(17)15-8-9-18-23-15/h4-9,19H,1-3H3. The molecule has 3 rings (SSSR count). The summed E-state index contributed by atoms with van der Waals surface area (Å²) in [5.41, 5.74) is 1.43. The van der Waals surface area contributed by atoms with E-state index >= 15 is 0 Å². The number of rotatable bonds is 5. The van der Waals surface area contributed by atoms with Crippen molar-refractivity contribution in [2.75, 3.05) is 4.72 Å². The maximum Gasteiger partial charge on any atom is 0.263 e. The monoisotopic (exact) mass is 376 g/mol. The van der Waals surface area contributed by atoms with Gasteiger partial charge < -0.3 is 4.52 Å². The highest BCUT2D eigenvalue weighted by Crippen LogP contribution is 2.39. The van der Waals surface area contributed by atoms with Gasteiger partial charge in [0.1, 0.15) is 4.90 Å². The average molecular weight is 376 g/mol. The number of anilines is 1. The van der Waals surface area contributed by atoms with Gasteiger partial charge in [-0.2, -0.15) is 0 Å². The molecule has 0 saturated carbocycles. The largest absolute Gasteiger partial charge is 0.356 e. The number of nitrogens with zero attached hydrogens (tertiary/aromatic N) is 1. The first-order chi connectivity index (χ1) is 11.8. The number of carbonyl (C=O) groups excluding carboxylic acids is 1. The van der Waals surface area contributed by atoms with Gasteiger partial charge in [0.25, 0.3) is 10.0 Å². The molecule has 1 aromatic carbocycles. The second-order valence-corrected chi connectivity index (χ2v) is 8.58. The zero-order chi connectivity index (χ0) is 18.2. The van der Waals surface area contributed by atoms with Gasteiger partial charge >= 0.3 is 0 Å². The lowest BCUT2D eigenvalue weighted by Gasteiger charge is -2.10. The Morgan fingerprint density at radius 1 is 1.12 bits per heavy atom. The molecule has 130 valence electrons. The van der Waals surface area contributed by atoms with Crippen LogP contribution in [0.25, 0.3) is 11.3 Å². The van der Waals surface area contributed by atoms with E-state index in [4.69, 9.17) is 4.52 Å². The number of aryl methyl sites for hydroxylation is 2. The summed E-state index contributed by atoms with van der Waals surface area (Å²) in [5, 5.41) is 3.66. The third kappa shape index (κ3) is 3.35. The molecular formula is C17H16N2O4S2. The Morgan fingerprint density at radius 3 is 2.36 bits per heavy atom. The van der Waals surface area contributed by atoms with Crippen molar-refractivity contribution in [3.05, 3.63) is 51.8 Å². The first kappa shape index (κ1) is 17.4. The molecule has 25 heavy (non-hydrogen) atoms. The molecule has 0 aliphatic carbocycles.